The SMILES string of the molecule is COCCOc1nc(COC)nc(NC2CC2)c1N. The van der Waals surface area contributed by atoms with Crippen LogP contribution >= 0.6 is 0 Å². The predicted molar refractivity (Wildman–Crippen MR) is 71.2 cm³/mol. The molecule has 0 aromatic carbocycles. The summed E-state index contributed by atoms with van der Waals surface area (Å²) in [6, 6.07) is 0.458. The number of methoxy groups -OCH3 is 2. The first-order chi connectivity index (χ1) is 9.24. The fourth-order valence-electron chi connectivity index (χ4n) is 1.55. The van der Waals surface area contributed by atoms with Crippen molar-refractivity contribution in [2.24, 2.45) is 0 Å². The number of aromatic nitrogens is 2. The van der Waals surface area contributed by atoms with Crippen LogP contribution in [0.25, 0.3) is 0 Å². The highest BCUT2D eigenvalue weighted by Crippen LogP contribution is 2.31. The van der Waals surface area contributed by atoms with Gasteiger partial charge in [0.1, 0.15) is 18.9 Å². The first-order valence-corrected chi connectivity index (χ1v) is 6.28. The molecule has 1 aromatic heterocycles. The van der Waals surface area contributed by atoms with Crippen molar-refractivity contribution in [3.05, 3.63) is 5.82 Å². The van der Waals surface area contributed by atoms with Gasteiger partial charge in [-0.1, -0.05) is 0 Å². The van der Waals surface area contributed by atoms with Gasteiger partial charge in [0.05, 0.1) is 6.61 Å². The zero-order valence-corrected chi connectivity index (χ0v) is 11.3. The Morgan fingerprint density at radius 1 is 1.21 bits per heavy atom. The summed E-state index contributed by atoms with van der Waals surface area (Å²) in [5.74, 6) is 1.55. The van der Waals surface area contributed by atoms with E-state index in [-0.39, 0.29) is 0 Å². The Balaban J connectivity index is 2.14. The first kappa shape index (κ1) is 13.8. The number of ether oxygens (including phenoxy) is 3. The molecule has 1 aliphatic carbocycles. The van der Waals surface area contributed by atoms with Crippen molar-refractivity contribution in [3.63, 3.8) is 0 Å². The molecule has 0 spiro atoms. The van der Waals surface area contributed by atoms with E-state index in [9.17, 15) is 0 Å². The summed E-state index contributed by atoms with van der Waals surface area (Å²) in [6.45, 7) is 1.20. The third kappa shape index (κ3) is 3.93. The Morgan fingerprint density at radius 3 is 2.63 bits per heavy atom. The number of nitrogens with zero attached hydrogens (tertiary/aromatic N) is 2. The Kier molecular flexibility index (Phi) is 4.75. The highest BCUT2D eigenvalue weighted by molar-refractivity contribution is 5.67. The third-order valence-electron chi connectivity index (χ3n) is 2.67. The summed E-state index contributed by atoms with van der Waals surface area (Å²) in [7, 11) is 3.21. The van der Waals surface area contributed by atoms with Crippen molar-refractivity contribution in [2.45, 2.75) is 25.5 Å². The molecule has 0 amide bonds. The lowest BCUT2D eigenvalue weighted by molar-refractivity contribution is 0.142. The Labute approximate surface area is 112 Å². The van der Waals surface area contributed by atoms with E-state index in [0.717, 1.165) is 12.8 Å². The highest BCUT2D eigenvalue weighted by Gasteiger charge is 2.24. The number of nitrogens with one attached hydrogen (secondary N) is 1. The van der Waals surface area contributed by atoms with Crippen LogP contribution < -0.4 is 15.8 Å². The lowest BCUT2D eigenvalue weighted by Crippen LogP contribution is -2.14. The molecule has 19 heavy (non-hydrogen) atoms. The van der Waals surface area contributed by atoms with Gasteiger partial charge in [-0.05, 0) is 12.8 Å². The molecule has 0 atom stereocenters. The number of anilines is 2. The van der Waals surface area contributed by atoms with Crippen molar-refractivity contribution in [1.82, 2.24) is 9.97 Å². The molecule has 0 saturated heterocycles. The van der Waals surface area contributed by atoms with Gasteiger partial charge in [-0.3, -0.25) is 0 Å². The van der Waals surface area contributed by atoms with Crippen LogP contribution in [0.4, 0.5) is 11.5 Å². The third-order valence-corrected chi connectivity index (χ3v) is 2.67. The average molecular weight is 268 g/mol. The fraction of sp³-hybridized carbons (Fsp3) is 0.667. The summed E-state index contributed by atoms with van der Waals surface area (Å²) >= 11 is 0. The topological polar surface area (TPSA) is 91.5 Å². The summed E-state index contributed by atoms with van der Waals surface area (Å²) in [4.78, 5) is 8.59. The van der Waals surface area contributed by atoms with E-state index in [1.807, 2.05) is 0 Å². The molecule has 7 nitrogen and oxygen atoms in total. The van der Waals surface area contributed by atoms with E-state index in [2.05, 4.69) is 15.3 Å². The van der Waals surface area contributed by atoms with E-state index in [1.165, 1.54) is 0 Å². The predicted octanol–water partition coefficient (Wildman–Crippen LogP) is 0.805. The Bertz CT molecular complexity index is 424. The van der Waals surface area contributed by atoms with Crippen LogP contribution in [0.15, 0.2) is 0 Å². The molecule has 1 heterocycles. The molecule has 1 aliphatic rings. The van der Waals surface area contributed by atoms with E-state index >= 15 is 0 Å². The molecule has 0 bridgehead atoms. The lowest BCUT2D eigenvalue weighted by Gasteiger charge is -2.13. The van der Waals surface area contributed by atoms with Gasteiger partial charge in [0.2, 0.25) is 5.88 Å². The summed E-state index contributed by atoms with van der Waals surface area (Å²) in [5, 5.41) is 3.27. The summed E-state index contributed by atoms with van der Waals surface area (Å²) in [5.41, 5.74) is 6.45. The second-order valence-electron chi connectivity index (χ2n) is 4.40. The van der Waals surface area contributed by atoms with Gasteiger partial charge in [0.15, 0.2) is 11.6 Å². The van der Waals surface area contributed by atoms with Crippen LogP contribution in [0.1, 0.15) is 18.7 Å². The standard InChI is InChI=1S/C12H20N4O3/c1-17-5-6-19-12-10(13)11(14-8-3-4-8)15-9(16-12)7-18-2/h8H,3-7,13H2,1-2H3,(H,14,15,16). The normalized spacial score (nSPS) is 14.4. The van der Waals surface area contributed by atoms with Crippen LogP contribution in [0.5, 0.6) is 5.88 Å². The molecule has 106 valence electrons. The monoisotopic (exact) mass is 268 g/mol. The quantitative estimate of drug-likeness (QED) is 0.674. The maximum Gasteiger partial charge on any atom is 0.243 e. The van der Waals surface area contributed by atoms with Crippen molar-refractivity contribution >= 4 is 11.5 Å². The van der Waals surface area contributed by atoms with Crippen molar-refractivity contribution in [1.29, 1.82) is 0 Å². The second kappa shape index (κ2) is 6.53. The average Bonchev–Trinajstić information content (AvgIpc) is 3.19. The van der Waals surface area contributed by atoms with Gasteiger partial charge in [-0.15, -0.1) is 0 Å². The van der Waals surface area contributed by atoms with Gasteiger partial charge in [0.25, 0.3) is 0 Å². The molecule has 7 heteroatoms. The van der Waals surface area contributed by atoms with Gasteiger partial charge < -0.3 is 25.3 Å². The van der Waals surface area contributed by atoms with Crippen molar-refractivity contribution in [3.8, 4) is 5.88 Å². The zero-order chi connectivity index (χ0) is 13.7. The second-order valence-corrected chi connectivity index (χ2v) is 4.40. The summed E-state index contributed by atoms with van der Waals surface area (Å²) in [6.07, 6.45) is 2.28. The molecule has 0 unspecified atom stereocenters. The molecule has 3 N–H and O–H groups in total. The van der Waals surface area contributed by atoms with Gasteiger partial charge in [-0.25, -0.2) is 4.98 Å². The number of rotatable bonds is 8. The fourth-order valence-corrected chi connectivity index (χ4v) is 1.55. The smallest absolute Gasteiger partial charge is 0.243 e. The molecule has 1 fully saturated rings. The number of nitrogen functional groups attached to an aromatic ring is 1. The van der Waals surface area contributed by atoms with Crippen LogP contribution in [0.2, 0.25) is 0 Å². The number of hydrogen-bond acceptors (Lipinski definition) is 7. The number of hydrogen-bond donors (Lipinski definition) is 2. The maximum absolute atomic E-state index is 6.01. The van der Waals surface area contributed by atoms with Crippen LogP contribution in [0.3, 0.4) is 0 Å². The van der Waals surface area contributed by atoms with Crippen LogP contribution in [-0.2, 0) is 16.1 Å². The zero-order valence-electron chi connectivity index (χ0n) is 11.3. The minimum absolute atomic E-state index is 0.320. The van der Waals surface area contributed by atoms with Crippen molar-refractivity contribution < 1.29 is 14.2 Å². The van der Waals surface area contributed by atoms with Crippen molar-refractivity contribution in [2.75, 3.05) is 38.5 Å². The molecule has 1 aromatic rings. The Morgan fingerprint density at radius 2 is 2.00 bits per heavy atom. The maximum atomic E-state index is 6.01. The first-order valence-electron chi connectivity index (χ1n) is 6.28. The van der Waals surface area contributed by atoms with E-state index < -0.39 is 0 Å². The van der Waals surface area contributed by atoms with E-state index in [4.69, 9.17) is 19.9 Å². The molecule has 0 aliphatic heterocycles. The Hall–Kier alpha value is -1.60. The molecule has 0 radical (unpaired) electrons. The molecular weight excluding hydrogens is 248 g/mol. The molecular formula is C12H20N4O3. The van der Waals surface area contributed by atoms with E-state index in [0.29, 0.717) is 49.1 Å². The van der Waals surface area contributed by atoms with Gasteiger partial charge in [0, 0.05) is 20.3 Å². The van der Waals surface area contributed by atoms with E-state index in [1.54, 1.807) is 14.2 Å². The number of nitrogens with two attached hydrogens (primary N) is 1. The van der Waals surface area contributed by atoms with Crippen LogP contribution in [0, 0.1) is 0 Å². The molecule has 1 saturated carbocycles. The van der Waals surface area contributed by atoms with Crippen LogP contribution in [-0.4, -0.2) is 43.4 Å². The highest BCUT2D eigenvalue weighted by atomic mass is 16.5. The largest absolute Gasteiger partial charge is 0.474 e. The minimum Gasteiger partial charge on any atom is -0.474 e. The minimum atomic E-state index is 0.320. The van der Waals surface area contributed by atoms with Gasteiger partial charge >= 0.3 is 0 Å². The molecule has 2 rings (SSSR count). The van der Waals surface area contributed by atoms with Gasteiger partial charge in [-0.2, -0.15) is 4.98 Å². The summed E-state index contributed by atoms with van der Waals surface area (Å²) < 4.78 is 15.5. The lowest BCUT2D eigenvalue weighted by atomic mass is 10.4.